The van der Waals surface area contributed by atoms with E-state index in [1.165, 1.54) is 6.07 Å². The van der Waals surface area contributed by atoms with Crippen LogP contribution in [0.25, 0.3) is 0 Å². The molecule has 0 radical (unpaired) electrons. The molecule has 0 aliphatic heterocycles. The van der Waals surface area contributed by atoms with E-state index in [0.29, 0.717) is 18.8 Å². The first-order valence-electron chi connectivity index (χ1n) is 7.51. The molecule has 0 aliphatic carbocycles. The third-order valence-electron chi connectivity index (χ3n) is 3.47. The van der Waals surface area contributed by atoms with Crippen molar-refractivity contribution < 1.29 is 18.3 Å². The summed E-state index contributed by atoms with van der Waals surface area (Å²) in [5, 5.41) is 2.53. The van der Waals surface area contributed by atoms with E-state index in [2.05, 4.69) is 5.32 Å². The van der Waals surface area contributed by atoms with Gasteiger partial charge < -0.3 is 10.1 Å². The number of carbonyl (C=O) groups excluding carboxylic acids is 1. The summed E-state index contributed by atoms with van der Waals surface area (Å²) in [4.78, 5) is 12.0. The van der Waals surface area contributed by atoms with Gasteiger partial charge in [0.15, 0.2) is 0 Å². The van der Waals surface area contributed by atoms with Crippen LogP contribution in [0.5, 0.6) is 5.75 Å². The maximum Gasteiger partial charge on any atom is 0.257 e. The Morgan fingerprint density at radius 1 is 1.17 bits per heavy atom. The molecule has 2 aromatic carbocycles. The summed E-state index contributed by atoms with van der Waals surface area (Å²) in [6.07, 6.45) is 0.416. The van der Waals surface area contributed by atoms with Gasteiger partial charge in [0.2, 0.25) is 0 Å². The second-order valence-electron chi connectivity index (χ2n) is 5.37. The number of nitrogens with one attached hydrogen (secondary N) is 1. The molecular formula is C18H18ClF2NO2. The monoisotopic (exact) mass is 353 g/mol. The van der Waals surface area contributed by atoms with E-state index in [0.717, 1.165) is 17.7 Å². The predicted molar refractivity (Wildman–Crippen MR) is 89.6 cm³/mol. The van der Waals surface area contributed by atoms with Gasteiger partial charge in [-0.05, 0) is 31.2 Å². The highest BCUT2D eigenvalue weighted by Crippen LogP contribution is 2.14. The summed E-state index contributed by atoms with van der Waals surface area (Å²) < 4.78 is 32.8. The molecule has 3 nitrogen and oxygen atoms in total. The van der Waals surface area contributed by atoms with Crippen molar-refractivity contribution in [3.05, 3.63) is 65.2 Å². The van der Waals surface area contributed by atoms with Crippen molar-refractivity contribution in [1.82, 2.24) is 5.32 Å². The lowest BCUT2D eigenvalue weighted by Crippen LogP contribution is -2.38. The number of benzene rings is 2. The minimum absolute atomic E-state index is 0.110. The van der Waals surface area contributed by atoms with Gasteiger partial charge in [-0.3, -0.25) is 4.79 Å². The highest BCUT2D eigenvalue weighted by Gasteiger charge is 2.20. The van der Waals surface area contributed by atoms with Crippen molar-refractivity contribution in [2.45, 2.75) is 19.4 Å². The Morgan fingerprint density at radius 2 is 1.79 bits per heavy atom. The van der Waals surface area contributed by atoms with Gasteiger partial charge in [-0.1, -0.05) is 23.8 Å². The molecule has 1 N–H and O–H groups in total. The summed E-state index contributed by atoms with van der Waals surface area (Å²) in [6.45, 7) is 2.30. The highest BCUT2D eigenvalue weighted by molar-refractivity contribution is 6.18. The fourth-order valence-electron chi connectivity index (χ4n) is 2.11. The van der Waals surface area contributed by atoms with Crippen molar-refractivity contribution in [3.63, 3.8) is 0 Å². The van der Waals surface area contributed by atoms with Crippen molar-refractivity contribution in [2.75, 3.05) is 12.5 Å². The maximum absolute atomic E-state index is 13.6. The van der Waals surface area contributed by atoms with Crippen molar-refractivity contribution in [2.24, 2.45) is 0 Å². The van der Waals surface area contributed by atoms with E-state index in [9.17, 15) is 13.6 Å². The fraction of sp³-hybridized carbons (Fsp3) is 0.278. The molecular weight excluding hydrogens is 336 g/mol. The summed E-state index contributed by atoms with van der Waals surface area (Å²) in [5.74, 6) is -1.82. The average molecular weight is 354 g/mol. The Bertz CT molecular complexity index is 672. The number of rotatable bonds is 7. The zero-order valence-corrected chi connectivity index (χ0v) is 13.9. The van der Waals surface area contributed by atoms with E-state index in [4.69, 9.17) is 16.3 Å². The van der Waals surface area contributed by atoms with Crippen LogP contribution in [-0.2, 0) is 0 Å². The molecule has 6 heteroatoms. The molecule has 0 bridgehead atoms. The van der Waals surface area contributed by atoms with Crippen LogP contribution in [0.2, 0.25) is 0 Å². The van der Waals surface area contributed by atoms with Gasteiger partial charge >= 0.3 is 0 Å². The second kappa shape index (κ2) is 8.64. The third kappa shape index (κ3) is 4.93. The Morgan fingerprint density at radius 3 is 2.38 bits per heavy atom. The number of hydrogen-bond donors (Lipinski definition) is 1. The van der Waals surface area contributed by atoms with Gasteiger partial charge in [0.25, 0.3) is 5.91 Å². The van der Waals surface area contributed by atoms with Crippen LogP contribution >= 0.6 is 11.6 Å². The van der Waals surface area contributed by atoms with E-state index in [1.807, 2.05) is 31.2 Å². The lowest BCUT2D eigenvalue weighted by molar-refractivity contribution is 0.0927. The standard InChI is InChI=1S/C18H18ClF2NO2/c1-12-5-7-14(8-6-12)24-10-9-13(11-19)22-18(23)17-15(20)3-2-4-16(17)21/h2-8,13H,9-11H2,1H3,(H,22,23). The fourth-order valence-corrected chi connectivity index (χ4v) is 2.35. The summed E-state index contributed by atoms with van der Waals surface area (Å²) in [5.41, 5.74) is 0.521. The number of aryl methyl sites for hydroxylation is 1. The Kier molecular flexibility index (Phi) is 6.55. The van der Waals surface area contributed by atoms with Crippen LogP contribution in [0.1, 0.15) is 22.3 Å². The summed E-state index contributed by atoms with van der Waals surface area (Å²) in [6, 6.07) is 10.4. The quantitative estimate of drug-likeness (QED) is 0.762. The smallest absolute Gasteiger partial charge is 0.257 e. The average Bonchev–Trinajstić information content (AvgIpc) is 2.55. The van der Waals surface area contributed by atoms with Crippen LogP contribution in [0.3, 0.4) is 0 Å². The third-order valence-corrected chi connectivity index (χ3v) is 3.84. The lowest BCUT2D eigenvalue weighted by Gasteiger charge is -2.17. The van der Waals surface area contributed by atoms with Crippen LogP contribution in [-0.4, -0.2) is 24.4 Å². The molecule has 2 aromatic rings. The zero-order valence-electron chi connectivity index (χ0n) is 13.2. The van der Waals surface area contributed by atoms with Crippen molar-refractivity contribution in [3.8, 4) is 5.75 Å². The molecule has 0 aromatic heterocycles. The Balaban J connectivity index is 1.89. The maximum atomic E-state index is 13.6. The van der Waals surface area contributed by atoms with Crippen molar-refractivity contribution >= 4 is 17.5 Å². The molecule has 0 saturated carbocycles. The van der Waals surface area contributed by atoms with Gasteiger partial charge in [-0.2, -0.15) is 0 Å². The molecule has 24 heavy (non-hydrogen) atoms. The molecule has 1 unspecified atom stereocenters. The first kappa shape index (κ1) is 18.2. The first-order chi connectivity index (χ1) is 11.5. The lowest BCUT2D eigenvalue weighted by atomic mass is 10.1. The van der Waals surface area contributed by atoms with Crippen molar-refractivity contribution in [1.29, 1.82) is 0 Å². The zero-order chi connectivity index (χ0) is 17.5. The SMILES string of the molecule is Cc1ccc(OCCC(CCl)NC(=O)c2c(F)cccc2F)cc1. The molecule has 0 aliphatic rings. The molecule has 1 atom stereocenters. The predicted octanol–water partition coefficient (Wildman–Crippen LogP) is 4.08. The van der Waals surface area contributed by atoms with E-state index in [-0.39, 0.29) is 5.88 Å². The first-order valence-corrected chi connectivity index (χ1v) is 8.05. The summed E-state index contributed by atoms with van der Waals surface area (Å²) in [7, 11) is 0. The van der Waals surface area contributed by atoms with Gasteiger partial charge in [0.05, 0.1) is 6.61 Å². The van der Waals surface area contributed by atoms with Gasteiger partial charge in [0, 0.05) is 18.3 Å². The van der Waals surface area contributed by atoms with Gasteiger partial charge in [-0.15, -0.1) is 11.6 Å². The van der Waals surface area contributed by atoms with Crippen LogP contribution in [0, 0.1) is 18.6 Å². The number of carbonyl (C=O) groups is 1. The minimum Gasteiger partial charge on any atom is -0.494 e. The Hall–Kier alpha value is -2.14. The second-order valence-corrected chi connectivity index (χ2v) is 5.68. The van der Waals surface area contributed by atoms with Gasteiger partial charge in [-0.25, -0.2) is 8.78 Å². The number of amides is 1. The summed E-state index contributed by atoms with van der Waals surface area (Å²) >= 11 is 5.82. The molecule has 2 rings (SSSR count). The topological polar surface area (TPSA) is 38.3 Å². The Labute approximate surface area is 144 Å². The minimum atomic E-state index is -0.906. The number of hydrogen-bond acceptors (Lipinski definition) is 2. The van der Waals surface area contributed by atoms with Crippen LogP contribution < -0.4 is 10.1 Å². The molecule has 0 fully saturated rings. The molecule has 0 heterocycles. The molecule has 1 amide bonds. The van der Waals surface area contributed by atoms with E-state index >= 15 is 0 Å². The number of ether oxygens (including phenoxy) is 1. The molecule has 0 saturated heterocycles. The van der Waals surface area contributed by atoms with Gasteiger partial charge in [0.1, 0.15) is 22.9 Å². The van der Waals surface area contributed by atoms with Crippen LogP contribution in [0.4, 0.5) is 8.78 Å². The largest absolute Gasteiger partial charge is 0.494 e. The normalized spacial score (nSPS) is 11.8. The number of alkyl halides is 1. The highest BCUT2D eigenvalue weighted by atomic mass is 35.5. The van der Waals surface area contributed by atoms with Crippen LogP contribution in [0.15, 0.2) is 42.5 Å². The molecule has 0 spiro atoms. The molecule has 128 valence electrons. The van der Waals surface area contributed by atoms with E-state index < -0.39 is 29.1 Å². The number of halogens is 3. The van der Waals surface area contributed by atoms with E-state index in [1.54, 1.807) is 0 Å².